The molecule has 1 amide bonds. The highest BCUT2D eigenvalue weighted by Gasteiger charge is 2.20. The van der Waals surface area contributed by atoms with Crippen LogP contribution < -0.4 is 5.32 Å². The van der Waals surface area contributed by atoms with Crippen LogP contribution in [0.3, 0.4) is 0 Å². The molecule has 124 valence electrons. The molecule has 1 aliphatic rings. The van der Waals surface area contributed by atoms with Gasteiger partial charge in [0.15, 0.2) is 0 Å². The van der Waals surface area contributed by atoms with Crippen LogP contribution in [0.5, 0.6) is 0 Å². The molecule has 0 radical (unpaired) electrons. The van der Waals surface area contributed by atoms with Crippen molar-refractivity contribution in [3.05, 3.63) is 24.2 Å². The van der Waals surface area contributed by atoms with E-state index in [1.54, 1.807) is 6.26 Å². The first kappa shape index (κ1) is 17.0. The van der Waals surface area contributed by atoms with Crippen molar-refractivity contribution in [1.82, 2.24) is 15.1 Å². The molecule has 0 bridgehead atoms. The fraction of sp³-hybridized carbons (Fsp3) is 0.688. The van der Waals surface area contributed by atoms with Gasteiger partial charge in [0, 0.05) is 39.3 Å². The van der Waals surface area contributed by atoms with E-state index in [2.05, 4.69) is 15.1 Å². The van der Waals surface area contributed by atoms with Crippen molar-refractivity contribution in [2.75, 3.05) is 52.5 Å². The SMILES string of the molecule is CCOCCN1CCN(CC(=O)N[C@H](C)c2ccco2)CC1. The predicted octanol–water partition coefficient (Wildman–Crippen LogP) is 1.11. The second-order valence-corrected chi connectivity index (χ2v) is 5.62. The Bertz CT molecular complexity index is 428. The molecule has 1 aliphatic heterocycles. The van der Waals surface area contributed by atoms with Crippen LogP contribution >= 0.6 is 0 Å². The van der Waals surface area contributed by atoms with Gasteiger partial charge in [0.25, 0.3) is 0 Å². The Morgan fingerprint density at radius 1 is 1.36 bits per heavy atom. The summed E-state index contributed by atoms with van der Waals surface area (Å²) in [7, 11) is 0. The number of ether oxygens (including phenoxy) is 1. The number of hydrogen-bond acceptors (Lipinski definition) is 5. The summed E-state index contributed by atoms with van der Waals surface area (Å²) in [6, 6.07) is 3.62. The fourth-order valence-electron chi connectivity index (χ4n) is 2.61. The summed E-state index contributed by atoms with van der Waals surface area (Å²) < 4.78 is 10.7. The van der Waals surface area contributed by atoms with Crippen molar-refractivity contribution in [2.45, 2.75) is 19.9 Å². The predicted molar refractivity (Wildman–Crippen MR) is 84.6 cm³/mol. The van der Waals surface area contributed by atoms with Gasteiger partial charge in [0.2, 0.25) is 5.91 Å². The zero-order valence-corrected chi connectivity index (χ0v) is 13.6. The Morgan fingerprint density at radius 3 is 2.73 bits per heavy atom. The first-order valence-electron chi connectivity index (χ1n) is 8.04. The molecule has 0 unspecified atom stereocenters. The smallest absolute Gasteiger partial charge is 0.234 e. The molecule has 1 saturated heterocycles. The standard InChI is InChI=1S/C16H27N3O3/c1-3-21-12-10-18-6-8-19(9-7-18)13-16(20)17-14(2)15-5-4-11-22-15/h4-5,11,14H,3,6-10,12-13H2,1-2H3,(H,17,20)/t14-/m1/s1. The van der Waals surface area contributed by atoms with E-state index in [1.807, 2.05) is 26.0 Å². The van der Waals surface area contributed by atoms with Crippen molar-refractivity contribution < 1.29 is 13.9 Å². The van der Waals surface area contributed by atoms with Crippen LogP contribution in [0.25, 0.3) is 0 Å². The van der Waals surface area contributed by atoms with Gasteiger partial charge in [-0.25, -0.2) is 0 Å². The summed E-state index contributed by atoms with van der Waals surface area (Å²) >= 11 is 0. The zero-order valence-electron chi connectivity index (χ0n) is 13.6. The van der Waals surface area contributed by atoms with Crippen LogP contribution in [-0.4, -0.2) is 68.2 Å². The minimum atomic E-state index is -0.0880. The van der Waals surface area contributed by atoms with Crippen LogP contribution in [0.1, 0.15) is 25.6 Å². The molecule has 2 heterocycles. The van der Waals surface area contributed by atoms with Crippen LogP contribution in [0.4, 0.5) is 0 Å². The maximum atomic E-state index is 12.1. The van der Waals surface area contributed by atoms with Crippen molar-refractivity contribution in [3.8, 4) is 0 Å². The molecule has 6 nitrogen and oxygen atoms in total. The van der Waals surface area contributed by atoms with Gasteiger partial charge in [-0.3, -0.25) is 14.6 Å². The number of amides is 1. The molecule has 0 aliphatic carbocycles. The van der Waals surface area contributed by atoms with E-state index < -0.39 is 0 Å². The van der Waals surface area contributed by atoms with Gasteiger partial charge in [-0.05, 0) is 26.0 Å². The van der Waals surface area contributed by atoms with Gasteiger partial charge >= 0.3 is 0 Å². The number of furan rings is 1. The summed E-state index contributed by atoms with van der Waals surface area (Å²) in [5.74, 6) is 0.834. The van der Waals surface area contributed by atoms with E-state index in [-0.39, 0.29) is 11.9 Å². The van der Waals surface area contributed by atoms with Gasteiger partial charge < -0.3 is 14.5 Å². The normalized spacial score (nSPS) is 18.3. The molecule has 1 fully saturated rings. The summed E-state index contributed by atoms with van der Waals surface area (Å²) in [5, 5.41) is 2.97. The van der Waals surface area contributed by atoms with E-state index in [9.17, 15) is 4.79 Å². The van der Waals surface area contributed by atoms with Gasteiger partial charge in [0.1, 0.15) is 5.76 Å². The number of nitrogens with zero attached hydrogens (tertiary/aromatic N) is 2. The average Bonchev–Trinajstić information content (AvgIpc) is 3.03. The molecule has 0 saturated carbocycles. The molecular formula is C16H27N3O3. The van der Waals surface area contributed by atoms with E-state index in [1.165, 1.54) is 0 Å². The lowest BCUT2D eigenvalue weighted by Crippen LogP contribution is -2.50. The van der Waals surface area contributed by atoms with Crippen molar-refractivity contribution in [3.63, 3.8) is 0 Å². The minimum Gasteiger partial charge on any atom is -0.467 e. The monoisotopic (exact) mass is 309 g/mol. The average molecular weight is 309 g/mol. The van der Waals surface area contributed by atoms with Gasteiger partial charge in [-0.1, -0.05) is 0 Å². The van der Waals surface area contributed by atoms with E-state index >= 15 is 0 Å². The summed E-state index contributed by atoms with van der Waals surface area (Å²) in [6.45, 7) is 10.8. The lowest BCUT2D eigenvalue weighted by atomic mass is 10.2. The first-order chi connectivity index (χ1) is 10.7. The van der Waals surface area contributed by atoms with Crippen LogP contribution in [0, 0.1) is 0 Å². The first-order valence-corrected chi connectivity index (χ1v) is 8.04. The van der Waals surface area contributed by atoms with Crippen molar-refractivity contribution in [2.24, 2.45) is 0 Å². The Morgan fingerprint density at radius 2 is 2.09 bits per heavy atom. The molecule has 1 aromatic heterocycles. The highest BCUT2D eigenvalue weighted by atomic mass is 16.5. The quantitative estimate of drug-likeness (QED) is 0.729. The number of hydrogen-bond donors (Lipinski definition) is 1. The molecular weight excluding hydrogens is 282 g/mol. The molecule has 0 aromatic carbocycles. The third-order valence-corrected chi connectivity index (χ3v) is 3.94. The molecule has 1 N–H and O–H groups in total. The van der Waals surface area contributed by atoms with Gasteiger partial charge in [-0.15, -0.1) is 0 Å². The number of carbonyl (C=O) groups is 1. The number of piperazine rings is 1. The molecule has 6 heteroatoms. The molecule has 1 aromatic rings. The van der Waals surface area contributed by atoms with E-state index in [4.69, 9.17) is 9.15 Å². The summed E-state index contributed by atoms with van der Waals surface area (Å²) in [5.41, 5.74) is 0. The summed E-state index contributed by atoms with van der Waals surface area (Å²) in [4.78, 5) is 16.7. The highest BCUT2D eigenvalue weighted by molar-refractivity contribution is 5.78. The number of carbonyl (C=O) groups excluding carboxylic acids is 1. The maximum Gasteiger partial charge on any atom is 0.234 e. The number of rotatable bonds is 8. The second kappa shape index (κ2) is 8.92. The molecule has 1 atom stereocenters. The highest BCUT2D eigenvalue weighted by Crippen LogP contribution is 2.12. The fourth-order valence-corrected chi connectivity index (χ4v) is 2.61. The van der Waals surface area contributed by atoms with Crippen LogP contribution in [-0.2, 0) is 9.53 Å². The Labute approximate surface area is 132 Å². The topological polar surface area (TPSA) is 58.0 Å². The Hall–Kier alpha value is -1.37. The second-order valence-electron chi connectivity index (χ2n) is 5.62. The molecule has 0 spiro atoms. The van der Waals surface area contributed by atoms with Crippen molar-refractivity contribution >= 4 is 5.91 Å². The lowest BCUT2D eigenvalue weighted by molar-refractivity contribution is -0.123. The van der Waals surface area contributed by atoms with Gasteiger partial charge in [0.05, 0.1) is 25.5 Å². The lowest BCUT2D eigenvalue weighted by Gasteiger charge is -2.34. The largest absolute Gasteiger partial charge is 0.467 e. The van der Waals surface area contributed by atoms with Crippen LogP contribution in [0.2, 0.25) is 0 Å². The Kier molecular flexibility index (Phi) is 6.89. The third kappa shape index (κ3) is 5.44. The van der Waals surface area contributed by atoms with E-state index in [0.717, 1.165) is 51.7 Å². The maximum absolute atomic E-state index is 12.1. The third-order valence-electron chi connectivity index (χ3n) is 3.94. The minimum absolute atomic E-state index is 0.0478. The van der Waals surface area contributed by atoms with E-state index in [0.29, 0.717) is 6.54 Å². The molecule has 22 heavy (non-hydrogen) atoms. The van der Waals surface area contributed by atoms with Crippen LogP contribution in [0.15, 0.2) is 22.8 Å². The van der Waals surface area contributed by atoms with Gasteiger partial charge in [-0.2, -0.15) is 0 Å². The zero-order chi connectivity index (χ0) is 15.8. The summed E-state index contributed by atoms with van der Waals surface area (Å²) in [6.07, 6.45) is 1.62. The Balaban J connectivity index is 1.64. The number of nitrogens with one attached hydrogen (secondary N) is 1. The van der Waals surface area contributed by atoms with Crippen molar-refractivity contribution in [1.29, 1.82) is 0 Å². The molecule has 2 rings (SSSR count).